The molecule has 0 aromatic heterocycles. The summed E-state index contributed by atoms with van der Waals surface area (Å²) in [6, 6.07) is -0.180. The number of carbonyl (C=O) groups is 2. The molecule has 3 N–H and O–H groups in total. The number of piperidine rings is 1. The van der Waals surface area contributed by atoms with Crippen LogP contribution >= 0.6 is 0 Å². The lowest BCUT2D eigenvalue weighted by molar-refractivity contribution is -0.137. The van der Waals surface area contributed by atoms with Crippen molar-refractivity contribution >= 4 is 12.1 Å². The number of amides is 1. The van der Waals surface area contributed by atoms with Gasteiger partial charge in [0.1, 0.15) is 5.60 Å². The van der Waals surface area contributed by atoms with Crippen LogP contribution in [0.5, 0.6) is 0 Å². The Morgan fingerprint density at radius 2 is 2.05 bits per heavy atom. The molecule has 1 fully saturated rings. The van der Waals surface area contributed by atoms with Gasteiger partial charge in [-0.1, -0.05) is 0 Å². The third-order valence-electron chi connectivity index (χ3n) is 3.19. The number of ether oxygens (including phenoxy) is 1. The average Bonchev–Trinajstić information content (AvgIpc) is 2.24. The van der Waals surface area contributed by atoms with Crippen molar-refractivity contribution in [2.24, 2.45) is 11.7 Å². The first-order valence-electron chi connectivity index (χ1n) is 6.64. The SMILES string of the molecule is CC(C)(C)OC(=O)N1CCC(CCC(=O)O)C(N)C1. The second-order valence-corrected chi connectivity index (χ2v) is 6.07. The Morgan fingerprint density at radius 3 is 2.53 bits per heavy atom. The minimum absolute atomic E-state index is 0.130. The van der Waals surface area contributed by atoms with Crippen molar-refractivity contribution in [3.8, 4) is 0 Å². The highest BCUT2D eigenvalue weighted by Crippen LogP contribution is 2.22. The Morgan fingerprint density at radius 1 is 1.42 bits per heavy atom. The van der Waals surface area contributed by atoms with Crippen LogP contribution in [0.25, 0.3) is 0 Å². The molecule has 1 aliphatic rings. The van der Waals surface area contributed by atoms with E-state index >= 15 is 0 Å². The van der Waals surface area contributed by atoms with E-state index in [1.807, 2.05) is 20.8 Å². The molecule has 0 aromatic carbocycles. The quantitative estimate of drug-likeness (QED) is 0.810. The highest BCUT2D eigenvalue weighted by Gasteiger charge is 2.31. The number of likely N-dealkylation sites (tertiary alicyclic amines) is 1. The molecule has 0 bridgehead atoms. The van der Waals surface area contributed by atoms with Crippen LogP contribution in [-0.4, -0.2) is 46.8 Å². The molecule has 2 atom stereocenters. The van der Waals surface area contributed by atoms with E-state index in [1.54, 1.807) is 4.90 Å². The Balaban J connectivity index is 2.44. The molecular weight excluding hydrogens is 248 g/mol. The van der Waals surface area contributed by atoms with Gasteiger partial charge < -0.3 is 20.5 Å². The lowest BCUT2D eigenvalue weighted by Crippen LogP contribution is -2.51. The lowest BCUT2D eigenvalue weighted by Gasteiger charge is -2.37. The summed E-state index contributed by atoms with van der Waals surface area (Å²) in [5, 5.41) is 8.67. The maximum Gasteiger partial charge on any atom is 0.410 e. The van der Waals surface area contributed by atoms with Gasteiger partial charge in [-0.15, -0.1) is 0 Å². The third kappa shape index (κ3) is 5.46. The summed E-state index contributed by atoms with van der Waals surface area (Å²) in [5.41, 5.74) is 5.50. The first-order chi connectivity index (χ1) is 8.69. The van der Waals surface area contributed by atoms with Gasteiger partial charge in [-0.25, -0.2) is 4.79 Å². The van der Waals surface area contributed by atoms with Gasteiger partial charge in [-0.3, -0.25) is 4.79 Å². The fraction of sp³-hybridized carbons (Fsp3) is 0.846. The number of carboxylic acids is 1. The second kappa shape index (κ2) is 6.23. The number of rotatable bonds is 3. The molecular formula is C13H24N2O4. The van der Waals surface area contributed by atoms with Crippen molar-refractivity contribution in [3.05, 3.63) is 0 Å². The van der Waals surface area contributed by atoms with E-state index in [2.05, 4.69) is 0 Å². The molecule has 0 radical (unpaired) electrons. The van der Waals surface area contributed by atoms with E-state index in [1.165, 1.54) is 0 Å². The maximum atomic E-state index is 11.9. The van der Waals surface area contributed by atoms with Gasteiger partial charge in [0.05, 0.1) is 0 Å². The van der Waals surface area contributed by atoms with Crippen LogP contribution in [0.1, 0.15) is 40.0 Å². The van der Waals surface area contributed by atoms with Gasteiger partial charge >= 0.3 is 12.1 Å². The Bertz CT molecular complexity index is 338. The molecule has 6 heteroatoms. The number of hydrogen-bond donors (Lipinski definition) is 2. The summed E-state index contributed by atoms with van der Waals surface area (Å²) in [5.74, 6) is -0.642. The molecule has 19 heavy (non-hydrogen) atoms. The summed E-state index contributed by atoms with van der Waals surface area (Å²) in [6.07, 6.45) is 1.08. The molecule has 2 unspecified atom stereocenters. The topological polar surface area (TPSA) is 92.9 Å². The standard InChI is InChI=1S/C13H24N2O4/c1-13(2,3)19-12(18)15-7-6-9(10(14)8-15)4-5-11(16)17/h9-10H,4-8,14H2,1-3H3,(H,16,17). The number of nitrogens with zero attached hydrogens (tertiary/aromatic N) is 1. The lowest BCUT2D eigenvalue weighted by atomic mass is 9.88. The zero-order chi connectivity index (χ0) is 14.6. The predicted molar refractivity (Wildman–Crippen MR) is 70.8 cm³/mol. The van der Waals surface area contributed by atoms with Crippen LogP contribution in [0.15, 0.2) is 0 Å². The zero-order valence-electron chi connectivity index (χ0n) is 11.9. The van der Waals surface area contributed by atoms with E-state index in [9.17, 15) is 9.59 Å². The van der Waals surface area contributed by atoms with Crippen molar-refractivity contribution in [1.29, 1.82) is 0 Å². The van der Waals surface area contributed by atoms with Crippen LogP contribution in [0.4, 0.5) is 4.79 Å². The van der Waals surface area contributed by atoms with Crippen molar-refractivity contribution in [1.82, 2.24) is 4.90 Å². The molecule has 0 aliphatic carbocycles. The van der Waals surface area contributed by atoms with Gasteiger partial charge in [-0.05, 0) is 39.5 Å². The number of hydrogen-bond acceptors (Lipinski definition) is 4. The van der Waals surface area contributed by atoms with Crippen LogP contribution in [0.2, 0.25) is 0 Å². The van der Waals surface area contributed by atoms with Crippen molar-refractivity contribution < 1.29 is 19.4 Å². The van der Waals surface area contributed by atoms with Crippen molar-refractivity contribution in [3.63, 3.8) is 0 Å². The fourth-order valence-electron chi connectivity index (χ4n) is 2.19. The number of aliphatic carboxylic acids is 1. The minimum atomic E-state index is -0.804. The van der Waals surface area contributed by atoms with Crippen molar-refractivity contribution in [2.75, 3.05) is 13.1 Å². The zero-order valence-corrected chi connectivity index (χ0v) is 11.9. The van der Waals surface area contributed by atoms with Crippen molar-refractivity contribution in [2.45, 2.75) is 51.7 Å². The van der Waals surface area contributed by atoms with E-state index in [-0.39, 0.29) is 24.5 Å². The van der Waals surface area contributed by atoms with E-state index in [0.717, 1.165) is 6.42 Å². The van der Waals surface area contributed by atoms with Gasteiger partial charge in [0.25, 0.3) is 0 Å². The summed E-state index contributed by atoms with van der Waals surface area (Å²) >= 11 is 0. The predicted octanol–water partition coefficient (Wildman–Crippen LogP) is 1.44. The summed E-state index contributed by atoms with van der Waals surface area (Å²) in [6.45, 7) is 6.48. The molecule has 1 rings (SSSR count). The molecule has 1 heterocycles. The Hall–Kier alpha value is -1.30. The van der Waals surface area contributed by atoms with Crippen LogP contribution in [-0.2, 0) is 9.53 Å². The number of carboxylic acid groups (broad SMARTS) is 1. The summed E-state index contributed by atoms with van der Waals surface area (Å²) < 4.78 is 5.30. The monoisotopic (exact) mass is 272 g/mol. The van der Waals surface area contributed by atoms with E-state index < -0.39 is 11.6 Å². The highest BCUT2D eigenvalue weighted by atomic mass is 16.6. The summed E-state index contributed by atoms with van der Waals surface area (Å²) in [7, 11) is 0. The van der Waals surface area contributed by atoms with Gasteiger partial charge in [0, 0.05) is 25.6 Å². The van der Waals surface area contributed by atoms with Gasteiger partial charge in [-0.2, -0.15) is 0 Å². The molecule has 1 saturated heterocycles. The van der Waals surface area contributed by atoms with E-state index in [4.69, 9.17) is 15.6 Å². The average molecular weight is 272 g/mol. The van der Waals surface area contributed by atoms with E-state index in [0.29, 0.717) is 19.5 Å². The largest absolute Gasteiger partial charge is 0.481 e. The first-order valence-corrected chi connectivity index (χ1v) is 6.64. The normalized spacial score (nSPS) is 24.1. The van der Waals surface area contributed by atoms with Gasteiger partial charge in [0.2, 0.25) is 0 Å². The summed E-state index contributed by atoms with van der Waals surface area (Å²) in [4.78, 5) is 24.0. The molecule has 110 valence electrons. The fourth-order valence-corrected chi connectivity index (χ4v) is 2.19. The van der Waals surface area contributed by atoms with Crippen LogP contribution < -0.4 is 5.73 Å². The highest BCUT2D eigenvalue weighted by molar-refractivity contribution is 5.68. The second-order valence-electron chi connectivity index (χ2n) is 6.07. The molecule has 0 spiro atoms. The number of carbonyl (C=O) groups excluding carboxylic acids is 1. The minimum Gasteiger partial charge on any atom is -0.481 e. The third-order valence-corrected chi connectivity index (χ3v) is 3.19. The number of nitrogens with two attached hydrogens (primary N) is 1. The Labute approximate surface area is 113 Å². The molecule has 1 aliphatic heterocycles. The smallest absolute Gasteiger partial charge is 0.410 e. The molecule has 0 saturated carbocycles. The van der Waals surface area contributed by atoms with Gasteiger partial charge in [0.15, 0.2) is 0 Å². The van der Waals surface area contributed by atoms with Crippen LogP contribution in [0.3, 0.4) is 0 Å². The first kappa shape index (κ1) is 15.8. The molecule has 0 aromatic rings. The Kier molecular flexibility index (Phi) is 5.17. The molecule has 1 amide bonds. The maximum absolute atomic E-state index is 11.9. The molecule has 6 nitrogen and oxygen atoms in total. The van der Waals surface area contributed by atoms with Crippen LogP contribution in [0, 0.1) is 5.92 Å².